The van der Waals surface area contributed by atoms with Crippen molar-refractivity contribution in [2.45, 2.75) is 37.3 Å². The summed E-state index contributed by atoms with van der Waals surface area (Å²) in [7, 11) is -4.36. The van der Waals surface area contributed by atoms with E-state index in [1.165, 1.54) is 19.1 Å². The van der Waals surface area contributed by atoms with Gasteiger partial charge in [0.2, 0.25) is 11.9 Å². The Hall–Kier alpha value is -4.12. The van der Waals surface area contributed by atoms with Crippen molar-refractivity contribution < 1.29 is 40.9 Å². The number of nitrogens with one attached hydrogen (secondary N) is 4. The van der Waals surface area contributed by atoms with E-state index in [2.05, 4.69) is 10.2 Å². The van der Waals surface area contributed by atoms with Crippen LogP contribution in [-0.2, 0) is 30.9 Å². The molecule has 13 nitrogen and oxygen atoms in total. The molecule has 0 aliphatic carbocycles. The fourth-order valence-electron chi connectivity index (χ4n) is 2.91. The van der Waals surface area contributed by atoms with Crippen LogP contribution < -0.4 is 31.6 Å². The molecule has 0 saturated carbocycles. The van der Waals surface area contributed by atoms with Crippen LogP contribution in [0.5, 0.6) is 0 Å². The lowest BCUT2D eigenvalue weighted by Crippen LogP contribution is -2.42. The minimum Gasteiger partial charge on any atom is -0.368 e. The van der Waals surface area contributed by atoms with Crippen molar-refractivity contribution in [3.8, 4) is 0 Å². The molecule has 1 aromatic heterocycles. The van der Waals surface area contributed by atoms with E-state index in [-0.39, 0.29) is 22.8 Å². The molecule has 1 amide bonds. The maximum absolute atomic E-state index is 13.0. The molecule has 6 N–H and O–H groups in total. The standard InChI is InChI=1S/C21H25F3N6O7S/c1-3-13-4-6-14(7-5-13)38(34,35)29-15-8-9-16(30(18(15)32)37-19(33)21(22,23)24)12(2)17(31)27-10-11-36-28-20(25)26/h4-9,12,29H,3,10-11H2,1-2H3,(H,27,31)(H4,25,26,28). The number of alkyl halides is 3. The number of rotatable bonds is 11. The van der Waals surface area contributed by atoms with Crippen LogP contribution in [0.15, 0.2) is 46.1 Å². The third-order valence-corrected chi connectivity index (χ3v) is 6.27. The van der Waals surface area contributed by atoms with E-state index in [1.54, 1.807) is 12.1 Å². The first-order valence-electron chi connectivity index (χ1n) is 10.8. The predicted octanol–water partition coefficient (Wildman–Crippen LogP) is 0.363. The minimum absolute atomic E-state index is 0.0914. The van der Waals surface area contributed by atoms with E-state index < -0.39 is 56.9 Å². The molecular weight excluding hydrogens is 537 g/mol. The number of nitrogens with zero attached hydrogens (tertiary/aromatic N) is 1. The van der Waals surface area contributed by atoms with Crippen molar-refractivity contribution in [2.75, 3.05) is 17.9 Å². The van der Waals surface area contributed by atoms with Crippen LogP contribution in [0, 0.1) is 5.41 Å². The molecular formula is C21H25F3N6O7S. The van der Waals surface area contributed by atoms with Gasteiger partial charge in [-0.3, -0.25) is 24.6 Å². The fraction of sp³-hybridized carbons (Fsp3) is 0.333. The molecule has 1 aromatic carbocycles. The van der Waals surface area contributed by atoms with Crippen LogP contribution in [0.3, 0.4) is 0 Å². The third kappa shape index (κ3) is 7.94. The Labute approximate surface area is 214 Å². The van der Waals surface area contributed by atoms with Crippen molar-refractivity contribution in [1.29, 1.82) is 5.41 Å². The van der Waals surface area contributed by atoms with Crippen LogP contribution in [-0.4, -0.2) is 50.3 Å². The lowest BCUT2D eigenvalue weighted by atomic mass is 10.1. The van der Waals surface area contributed by atoms with Crippen LogP contribution in [0.4, 0.5) is 18.9 Å². The molecule has 38 heavy (non-hydrogen) atoms. The van der Waals surface area contributed by atoms with E-state index in [1.807, 2.05) is 17.1 Å². The summed E-state index contributed by atoms with van der Waals surface area (Å²) in [5.74, 6) is -5.42. The van der Waals surface area contributed by atoms with Crippen molar-refractivity contribution >= 4 is 33.5 Å². The van der Waals surface area contributed by atoms with Crippen LogP contribution >= 0.6 is 0 Å². The van der Waals surface area contributed by atoms with Crippen molar-refractivity contribution in [1.82, 2.24) is 15.5 Å². The molecule has 0 radical (unpaired) electrons. The number of benzene rings is 1. The van der Waals surface area contributed by atoms with Crippen LogP contribution in [0.25, 0.3) is 0 Å². The van der Waals surface area contributed by atoms with Gasteiger partial charge in [-0.2, -0.15) is 13.2 Å². The predicted molar refractivity (Wildman–Crippen MR) is 127 cm³/mol. The number of hydrogen-bond donors (Lipinski definition) is 5. The van der Waals surface area contributed by atoms with E-state index in [0.717, 1.165) is 17.7 Å². The van der Waals surface area contributed by atoms with Gasteiger partial charge in [-0.1, -0.05) is 19.1 Å². The number of pyridine rings is 1. The molecule has 0 spiro atoms. The Morgan fingerprint density at radius 1 is 1.16 bits per heavy atom. The number of guanidine groups is 1. The summed E-state index contributed by atoms with van der Waals surface area (Å²) in [6, 6.07) is 7.53. The smallest absolute Gasteiger partial charge is 0.368 e. The SMILES string of the molecule is CCc1ccc(S(=O)(=O)Nc2ccc(C(C)C(=O)NCCONC(=N)N)n(OC(=O)C(F)(F)F)c2=O)cc1. The van der Waals surface area contributed by atoms with Crippen molar-refractivity contribution in [3.63, 3.8) is 0 Å². The number of anilines is 1. The molecule has 0 saturated heterocycles. The fourth-order valence-corrected chi connectivity index (χ4v) is 3.97. The molecule has 1 atom stereocenters. The summed E-state index contributed by atoms with van der Waals surface area (Å²) in [6.45, 7) is 2.77. The summed E-state index contributed by atoms with van der Waals surface area (Å²) in [6.07, 6.45) is -4.86. The number of nitrogens with two attached hydrogens (primary N) is 1. The molecule has 0 aliphatic heterocycles. The summed E-state index contributed by atoms with van der Waals surface area (Å²) < 4.78 is 66.0. The highest BCUT2D eigenvalue weighted by molar-refractivity contribution is 7.92. The topological polar surface area (TPSA) is 195 Å². The van der Waals surface area contributed by atoms with Gasteiger partial charge in [0.15, 0.2) is 0 Å². The van der Waals surface area contributed by atoms with Crippen molar-refractivity contribution in [2.24, 2.45) is 5.73 Å². The third-order valence-electron chi connectivity index (χ3n) is 4.88. The maximum atomic E-state index is 13.0. The van der Waals surface area contributed by atoms with Gasteiger partial charge in [0.05, 0.1) is 23.1 Å². The lowest BCUT2D eigenvalue weighted by molar-refractivity contribution is -0.200. The van der Waals surface area contributed by atoms with Gasteiger partial charge in [-0.15, -0.1) is 4.73 Å². The second-order valence-electron chi connectivity index (χ2n) is 7.63. The van der Waals surface area contributed by atoms with E-state index in [4.69, 9.17) is 16.0 Å². The van der Waals surface area contributed by atoms with Gasteiger partial charge in [-0.05, 0) is 43.2 Å². The second-order valence-corrected chi connectivity index (χ2v) is 9.31. The van der Waals surface area contributed by atoms with Crippen LogP contribution in [0.2, 0.25) is 0 Å². The number of halogens is 3. The monoisotopic (exact) mass is 562 g/mol. The second kappa shape index (κ2) is 12.4. The minimum atomic E-state index is -5.50. The molecule has 0 bridgehead atoms. The van der Waals surface area contributed by atoms with Gasteiger partial charge in [0.1, 0.15) is 5.69 Å². The molecule has 0 fully saturated rings. The maximum Gasteiger partial charge on any atom is 0.493 e. The number of hydroxylamine groups is 1. The number of carbonyl (C=O) groups excluding carboxylic acids is 2. The summed E-state index contributed by atoms with van der Waals surface area (Å²) in [5.41, 5.74) is 5.18. The number of hydrogen-bond acceptors (Lipinski definition) is 8. The molecule has 17 heteroatoms. The molecule has 2 aromatic rings. The number of carbonyl (C=O) groups is 2. The number of amides is 1. The zero-order valence-corrected chi connectivity index (χ0v) is 20.9. The Morgan fingerprint density at radius 2 is 1.79 bits per heavy atom. The van der Waals surface area contributed by atoms with E-state index in [0.29, 0.717) is 6.42 Å². The zero-order chi connectivity index (χ0) is 28.7. The molecule has 1 heterocycles. The largest absolute Gasteiger partial charge is 0.493 e. The van der Waals surface area contributed by atoms with Gasteiger partial charge in [0, 0.05) is 6.54 Å². The van der Waals surface area contributed by atoms with E-state index in [9.17, 15) is 36.0 Å². The first-order valence-corrected chi connectivity index (χ1v) is 12.3. The number of aromatic nitrogens is 1. The highest BCUT2D eigenvalue weighted by Gasteiger charge is 2.43. The molecule has 2 rings (SSSR count). The first-order chi connectivity index (χ1) is 17.7. The van der Waals surface area contributed by atoms with Crippen molar-refractivity contribution in [3.05, 3.63) is 58.0 Å². The highest BCUT2D eigenvalue weighted by atomic mass is 32.2. The Bertz CT molecular complexity index is 1340. The molecule has 1 unspecified atom stereocenters. The van der Waals surface area contributed by atoms with Gasteiger partial charge < -0.3 is 15.9 Å². The Balaban J connectivity index is 2.38. The summed E-state index contributed by atoms with van der Waals surface area (Å²) >= 11 is 0. The highest BCUT2D eigenvalue weighted by Crippen LogP contribution is 2.20. The average molecular weight is 563 g/mol. The Kier molecular flexibility index (Phi) is 9.84. The van der Waals surface area contributed by atoms with E-state index >= 15 is 0 Å². The lowest BCUT2D eigenvalue weighted by Gasteiger charge is -2.19. The first kappa shape index (κ1) is 30.1. The van der Waals surface area contributed by atoms with Gasteiger partial charge >= 0.3 is 17.7 Å². The number of sulfonamides is 1. The normalized spacial score (nSPS) is 12.3. The van der Waals surface area contributed by atoms with Crippen LogP contribution in [0.1, 0.15) is 31.0 Å². The summed E-state index contributed by atoms with van der Waals surface area (Å²) in [5, 5.41) is 9.30. The Morgan fingerprint density at radius 3 is 2.34 bits per heavy atom. The number of aryl methyl sites for hydroxylation is 1. The van der Waals surface area contributed by atoms with Gasteiger partial charge in [-0.25, -0.2) is 18.7 Å². The summed E-state index contributed by atoms with van der Waals surface area (Å²) in [4.78, 5) is 45.7. The molecule has 0 aliphatic rings. The quantitative estimate of drug-likeness (QED) is 0.111. The average Bonchev–Trinajstić information content (AvgIpc) is 2.84. The van der Waals surface area contributed by atoms with Gasteiger partial charge in [0.25, 0.3) is 10.0 Å². The molecule has 208 valence electrons. The zero-order valence-electron chi connectivity index (χ0n) is 20.1.